The lowest BCUT2D eigenvalue weighted by atomic mass is 10.1. The first-order valence-electron chi connectivity index (χ1n) is 7.08. The Bertz CT molecular complexity index is 756. The van der Waals surface area contributed by atoms with Gasteiger partial charge in [-0.1, -0.05) is 6.07 Å². The average Bonchev–Trinajstić information content (AvgIpc) is 2.89. The maximum absolute atomic E-state index is 12.5. The van der Waals surface area contributed by atoms with Crippen LogP contribution in [0.25, 0.3) is 0 Å². The van der Waals surface area contributed by atoms with Crippen LogP contribution in [0.4, 0.5) is 11.4 Å². The summed E-state index contributed by atoms with van der Waals surface area (Å²) in [7, 11) is 1.30. The van der Waals surface area contributed by atoms with Gasteiger partial charge in [0.15, 0.2) is 6.61 Å². The lowest BCUT2D eigenvalue weighted by Crippen LogP contribution is -2.22. The number of rotatable bonds is 4. The van der Waals surface area contributed by atoms with Crippen LogP contribution in [0.15, 0.2) is 42.5 Å². The number of amides is 1. The Balaban J connectivity index is 1.74. The summed E-state index contributed by atoms with van der Waals surface area (Å²) in [5.74, 6) is 0.0138. The van der Waals surface area contributed by atoms with E-state index >= 15 is 0 Å². The monoisotopic (exact) mass is 312 g/mol. The van der Waals surface area contributed by atoms with E-state index in [4.69, 9.17) is 10.5 Å². The predicted octanol–water partition coefficient (Wildman–Crippen LogP) is 1.98. The molecule has 0 radical (unpaired) electrons. The lowest BCUT2D eigenvalue weighted by Gasteiger charge is -2.16. The SMILES string of the molecule is COC(=O)COc1ccc(N2Cc3ccc(N)cc3C2=O)cc1. The van der Waals surface area contributed by atoms with Crippen LogP contribution in [-0.2, 0) is 16.1 Å². The van der Waals surface area contributed by atoms with E-state index in [9.17, 15) is 9.59 Å². The summed E-state index contributed by atoms with van der Waals surface area (Å²) in [5, 5.41) is 0. The second kappa shape index (κ2) is 6.00. The van der Waals surface area contributed by atoms with Crippen molar-refractivity contribution >= 4 is 23.3 Å². The molecule has 1 aliphatic rings. The van der Waals surface area contributed by atoms with Gasteiger partial charge in [0.1, 0.15) is 5.75 Å². The predicted molar refractivity (Wildman–Crippen MR) is 85.3 cm³/mol. The van der Waals surface area contributed by atoms with E-state index in [0.717, 1.165) is 11.3 Å². The molecule has 2 aromatic rings. The Kier molecular flexibility index (Phi) is 3.89. The maximum Gasteiger partial charge on any atom is 0.343 e. The third-order valence-electron chi connectivity index (χ3n) is 3.67. The van der Waals surface area contributed by atoms with Crippen LogP contribution >= 0.6 is 0 Å². The molecule has 0 atom stereocenters. The number of carbonyl (C=O) groups excluding carboxylic acids is 2. The van der Waals surface area contributed by atoms with E-state index in [0.29, 0.717) is 23.5 Å². The maximum atomic E-state index is 12.5. The number of anilines is 2. The highest BCUT2D eigenvalue weighted by atomic mass is 16.6. The highest BCUT2D eigenvalue weighted by Gasteiger charge is 2.28. The molecule has 0 saturated carbocycles. The summed E-state index contributed by atoms with van der Waals surface area (Å²) in [5.41, 5.74) is 8.66. The number of methoxy groups -OCH3 is 1. The average molecular weight is 312 g/mol. The summed E-state index contributed by atoms with van der Waals surface area (Å²) < 4.78 is 9.80. The van der Waals surface area contributed by atoms with E-state index in [1.54, 1.807) is 41.3 Å². The second-order valence-electron chi connectivity index (χ2n) is 5.17. The Morgan fingerprint density at radius 1 is 1.22 bits per heavy atom. The van der Waals surface area contributed by atoms with Gasteiger partial charge in [0.2, 0.25) is 0 Å². The van der Waals surface area contributed by atoms with Crippen molar-refractivity contribution in [3.05, 3.63) is 53.6 Å². The standard InChI is InChI=1S/C17H16N2O4/c1-22-16(20)10-23-14-6-4-13(5-7-14)19-9-11-2-3-12(18)8-15(11)17(19)21/h2-8H,9-10,18H2,1H3. The van der Waals surface area contributed by atoms with Gasteiger partial charge in [-0.05, 0) is 42.0 Å². The van der Waals surface area contributed by atoms with Crippen LogP contribution in [0.3, 0.4) is 0 Å². The summed E-state index contributed by atoms with van der Waals surface area (Å²) in [6.07, 6.45) is 0. The number of esters is 1. The molecule has 0 fully saturated rings. The van der Waals surface area contributed by atoms with Crippen LogP contribution in [0.2, 0.25) is 0 Å². The van der Waals surface area contributed by atoms with E-state index in [1.807, 2.05) is 6.07 Å². The number of nitrogens with two attached hydrogens (primary N) is 1. The number of nitrogens with zero attached hydrogens (tertiary/aromatic N) is 1. The number of fused-ring (bicyclic) bond motifs is 1. The van der Waals surface area contributed by atoms with E-state index < -0.39 is 5.97 Å². The highest BCUT2D eigenvalue weighted by Crippen LogP contribution is 2.30. The summed E-state index contributed by atoms with van der Waals surface area (Å²) in [4.78, 5) is 25.2. The van der Waals surface area contributed by atoms with Gasteiger partial charge in [-0.2, -0.15) is 0 Å². The van der Waals surface area contributed by atoms with E-state index in [2.05, 4.69) is 4.74 Å². The third-order valence-corrected chi connectivity index (χ3v) is 3.67. The van der Waals surface area contributed by atoms with Crippen molar-refractivity contribution in [2.75, 3.05) is 24.4 Å². The molecule has 2 N–H and O–H groups in total. The molecule has 6 nitrogen and oxygen atoms in total. The molecule has 2 aromatic carbocycles. The molecule has 0 aliphatic carbocycles. The fraction of sp³-hybridized carbons (Fsp3) is 0.176. The lowest BCUT2D eigenvalue weighted by molar-refractivity contribution is -0.142. The minimum absolute atomic E-state index is 0.0736. The molecular formula is C17H16N2O4. The summed E-state index contributed by atoms with van der Waals surface area (Å²) in [6.45, 7) is 0.361. The van der Waals surface area contributed by atoms with Crippen molar-refractivity contribution < 1.29 is 19.1 Å². The van der Waals surface area contributed by atoms with Crippen LogP contribution < -0.4 is 15.4 Å². The number of ether oxygens (including phenoxy) is 2. The van der Waals surface area contributed by atoms with Gasteiger partial charge >= 0.3 is 5.97 Å². The molecular weight excluding hydrogens is 296 g/mol. The smallest absolute Gasteiger partial charge is 0.343 e. The molecule has 0 aromatic heterocycles. The minimum Gasteiger partial charge on any atom is -0.482 e. The van der Waals surface area contributed by atoms with Crippen molar-refractivity contribution in [2.45, 2.75) is 6.54 Å². The van der Waals surface area contributed by atoms with Crippen molar-refractivity contribution in [2.24, 2.45) is 0 Å². The highest BCUT2D eigenvalue weighted by molar-refractivity contribution is 6.10. The largest absolute Gasteiger partial charge is 0.482 e. The van der Waals surface area contributed by atoms with Gasteiger partial charge in [0, 0.05) is 16.9 Å². The number of nitrogen functional groups attached to an aromatic ring is 1. The van der Waals surface area contributed by atoms with Gasteiger partial charge in [0.25, 0.3) is 5.91 Å². The van der Waals surface area contributed by atoms with Crippen molar-refractivity contribution in [3.63, 3.8) is 0 Å². The first-order chi connectivity index (χ1) is 11.1. The molecule has 23 heavy (non-hydrogen) atoms. The molecule has 1 amide bonds. The first kappa shape index (κ1) is 14.9. The number of hydrogen-bond donors (Lipinski definition) is 1. The molecule has 0 bridgehead atoms. The molecule has 1 heterocycles. The zero-order valence-corrected chi connectivity index (χ0v) is 12.6. The topological polar surface area (TPSA) is 81.9 Å². The van der Waals surface area contributed by atoms with Crippen molar-refractivity contribution in [3.8, 4) is 5.75 Å². The zero-order valence-electron chi connectivity index (χ0n) is 12.6. The molecule has 6 heteroatoms. The number of benzene rings is 2. The molecule has 1 aliphatic heterocycles. The van der Waals surface area contributed by atoms with Crippen LogP contribution in [0.1, 0.15) is 15.9 Å². The minimum atomic E-state index is -0.447. The van der Waals surface area contributed by atoms with Crippen LogP contribution in [0, 0.1) is 0 Å². The summed E-state index contributed by atoms with van der Waals surface area (Å²) >= 11 is 0. The van der Waals surface area contributed by atoms with Gasteiger partial charge in [-0.25, -0.2) is 4.79 Å². The van der Waals surface area contributed by atoms with Gasteiger partial charge < -0.3 is 20.1 Å². The summed E-state index contributed by atoms with van der Waals surface area (Å²) in [6, 6.07) is 12.3. The Morgan fingerprint density at radius 2 is 1.96 bits per heavy atom. The van der Waals surface area contributed by atoms with Gasteiger partial charge in [-0.15, -0.1) is 0 Å². The fourth-order valence-corrected chi connectivity index (χ4v) is 2.45. The molecule has 0 saturated heterocycles. The molecule has 0 unspecified atom stereocenters. The fourth-order valence-electron chi connectivity index (χ4n) is 2.45. The quantitative estimate of drug-likeness (QED) is 0.689. The number of carbonyl (C=O) groups is 2. The van der Waals surface area contributed by atoms with Crippen molar-refractivity contribution in [1.82, 2.24) is 0 Å². The molecule has 3 rings (SSSR count). The van der Waals surface area contributed by atoms with Crippen molar-refractivity contribution in [1.29, 1.82) is 0 Å². The van der Waals surface area contributed by atoms with Gasteiger partial charge in [-0.3, -0.25) is 4.79 Å². The number of hydrogen-bond acceptors (Lipinski definition) is 5. The Hall–Kier alpha value is -3.02. The Labute approximate surface area is 133 Å². The first-order valence-corrected chi connectivity index (χ1v) is 7.08. The molecule has 118 valence electrons. The zero-order chi connectivity index (χ0) is 16.4. The van der Waals surface area contributed by atoms with E-state index in [-0.39, 0.29) is 12.5 Å². The van der Waals surface area contributed by atoms with Crippen LogP contribution in [-0.4, -0.2) is 25.6 Å². The van der Waals surface area contributed by atoms with Crippen LogP contribution in [0.5, 0.6) is 5.75 Å². The Morgan fingerprint density at radius 3 is 2.65 bits per heavy atom. The van der Waals surface area contributed by atoms with Gasteiger partial charge in [0.05, 0.1) is 13.7 Å². The second-order valence-corrected chi connectivity index (χ2v) is 5.17. The third kappa shape index (κ3) is 2.96. The normalized spacial score (nSPS) is 12.9. The molecule has 0 spiro atoms. The van der Waals surface area contributed by atoms with E-state index in [1.165, 1.54) is 7.11 Å².